The third-order valence-electron chi connectivity index (χ3n) is 3.52. The molecule has 0 heterocycles. The van der Waals surface area contributed by atoms with E-state index in [0.717, 1.165) is 0 Å². The Morgan fingerprint density at radius 3 is 2.18 bits per heavy atom. The predicted molar refractivity (Wildman–Crippen MR) is 44.3 cm³/mol. The fraction of sp³-hybridized carbons (Fsp3) is 0.900. The van der Waals surface area contributed by atoms with Gasteiger partial charge in [0, 0.05) is 5.92 Å². The Morgan fingerprint density at radius 2 is 1.73 bits per heavy atom. The van der Waals surface area contributed by atoms with Crippen molar-refractivity contribution in [2.45, 2.75) is 44.9 Å². The first kappa shape index (κ1) is 7.33. The van der Waals surface area contributed by atoms with Crippen molar-refractivity contribution in [2.75, 3.05) is 0 Å². The molecule has 2 aliphatic rings. The van der Waals surface area contributed by atoms with Gasteiger partial charge < -0.3 is 4.79 Å². The Morgan fingerprint density at radius 1 is 1.09 bits per heavy atom. The lowest BCUT2D eigenvalue weighted by molar-refractivity contribution is -0.109. The van der Waals surface area contributed by atoms with E-state index < -0.39 is 0 Å². The van der Waals surface area contributed by atoms with Crippen LogP contribution < -0.4 is 0 Å². The molecule has 1 spiro atoms. The fourth-order valence-corrected chi connectivity index (χ4v) is 2.58. The van der Waals surface area contributed by atoms with Crippen molar-refractivity contribution in [3.63, 3.8) is 0 Å². The normalized spacial score (nSPS) is 34.7. The Hall–Kier alpha value is -0.330. The van der Waals surface area contributed by atoms with E-state index in [9.17, 15) is 4.79 Å². The maximum atomic E-state index is 10.6. The van der Waals surface area contributed by atoms with Gasteiger partial charge in [-0.1, -0.05) is 25.7 Å². The van der Waals surface area contributed by atoms with Crippen molar-refractivity contribution >= 4 is 6.29 Å². The van der Waals surface area contributed by atoms with Gasteiger partial charge in [0.15, 0.2) is 0 Å². The molecule has 0 bridgehead atoms. The third kappa shape index (κ3) is 1.21. The largest absolute Gasteiger partial charge is 0.303 e. The monoisotopic (exact) mass is 152 g/mol. The van der Waals surface area contributed by atoms with Crippen LogP contribution in [-0.2, 0) is 4.79 Å². The first-order valence-electron chi connectivity index (χ1n) is 4.83. The van der Waals surface area contributed by atoms with Gasteiger partial charge in [-0.25, -0.2) is 0 Å². The molecule has 0 radical (unpaired) electrons. The zero-order valence-corrected chi connectivity index (χ0v) is 7.01. The van der Waals surface area contributed by atoms with Crippen LogP contribution in [0.1, 0.15) is 44.9 Å². The van der Waals surface area contributed by atoms with Crippen LogP contribution in [0.5, 0.6) is 0 Å². The average Bonchev–Trinajstić information content (AvgIpc) is 2.76. The second kappa shape index (κ2) is 2.62. The molecular weight excluding hydrogens is 136 g/mol. The number of rotatable bonds is 1. The quantitative estimate of drug-likeness (QED) is 0.528. The SMILES string of the molecule is O=CC1CC12CCCCCC2. The molecule has 1 heteroatoms. The minimum absolute atomic E-state index is 0.445. The highest BCUT2D eigenvalue weighted by Gasteiger charge is 2.52. The predicted octanol–water partition coefficient (Wildman–Crippen LogP) is 2.55. The molecule has 62 valence electrons. The first-order chi connectivity index (χ1) is 5.37. The van der Waals surface area contributed by atoms with Crippen molar-refractivity contribution in [3.05, 3.63) is 0 Å². The van der Waals surface area contributed by atoms with Gasteiger partial charge in [-0.05, 0) is 24.7 Å². The van der Waals surface area contributed by atoms with Gasteiger partial charge in [0.25, 0.3) is 0 Å². The molecular formula is C10H16O. The second-order valence-corrected chi connectivity index (χ2v) is 4.22. The van der Waals surface area contributed by atoms with Crippen LogP contribution in [0.25, 0.3) is 0 Å². The van der Waals surface area contributed by atoms with E-state index in [0.29, 0.717) is 11.3 Å². The molecule has 1 unspecified atom stereocenters. The molecule has 0 aromatic carbocycles. The Balaban J connectivity index is 1.97. The van der Waals surface area contributed by atoms with Gasteiger partial charge in [-0.3, -0.25) is 0 Å². The number of carbonyl (C=O) groups is 1. The lowest BCUT2D eigenvalue weighted by atomic mass is 9.94. The minimum atomic E-state index is 0.445. The zero-order valence-electron chi connectivity index (χ0n) is 7.01. The van der Waals surface area contributed by atoms with E-state index in [4.69, 9.17) is 0 Å². The average molecular weight is 152 g/mol. The van der Waals surface area contributed by atoms with E-state index in [2.05, 4.69) is 0 Å². The van der Waals surface area contributed by atoms with Crippen LogP contribution in [0.4, 0.5) is 0 Å². The number of carbonyl (C=O) groups excluding carboxylic acids is 1. The summed E-state index contributed by atoms with van der Waals surface area (Å²) in [5.41, 5.74) is 0.512. The third-order valence-corrected chi connectivity index (χ3v) is 3.52. The summed E-state index contributed by atoms with van der Waals surface area (Å²) >= 11 is 0. The molecule has 0 amide bonds. The van der Waals surface area contributed by atoms with Crippen molar-refractivity contribution in [2.24, 2.45) is 11.3 Å². The highest BCUT2D eigenvalue weighted by molar-refractivity contribution is 5.60. The molecule has 0 aliphatic heterocycles. The van der Waals surface area contributed by atoms with Crippen LogP contribution in [0, 0.1) is 11.3 Å². The number of aldehydes is 1. The van der Waals surface area contributed by atoms with Gasteiger partial charge >= 0.3 is 0 Å². The van der Waals surface area contributed by atoms with Gasteiger partial charge in [-0.2, -0.15) is 0 Å². The van der Waals surface area contributed by atoms with Crippen molar-refractivity contribution in [1.82, 2.24) is 0 Å². The highest BCUT2D eigenvalue weighted by Crippen LogP contribution is 2.59. The molecule has 0 aromatic rings. The lowest BCUT2D eigenvalue weighted by Crippen LogP contribution is -2.02. The topological polar surface area (TPSA) is 17.1 Å². The molecule has 2 rings (SSSR count). The van der Waals surface area contributed by atoms with Crippen molar-refractivity contribution in [3.8, 4) is 0 Å². The summed E-state index contributed by atoms with van der Waals surface area (Å²) in [6.07, 6.45) is 10.6. The Kier molecular flexibility index (Phi) is 1.74. The highest BCUT2D eigenvalue weighted by atomic mass is 16.1. The molecule has 1 nitrogen and oxygen atoms in total. The van der Waals surface area contributed by atoms with Gasteiger partial charge in [0.05, 0.1) is 0 Å². The summed E-state index contributed by atoms with van der Waals surface area (Å²) in [6, 6.07) is 0. The van der Waals surface area contributed by atoms with Gasteiger partial charge in [0.1, 0.15) is 6.29 Å². The van der Waals surface area contributed by atoms with E-state index in [1.165, 1.54) is 51.2 Å². The summed E-state index contributed by atoms with van der Waals surface area (Å²) in [7, 11) is 0. The van der Waals surface area contributed by atoms with E-state index >= 15 is 0 Å². The maximum absolute atomic E-state index is 10.6. The maximum Gasteiger partial charge on any atom is 0.123 e. The summed E-state index contributed by atoms with van der Waals surface area (Å²) in [5.74, 6) is 0.445. The number of hydrogen-bond donors (Lipinski definition) is 0. The van der Waals surface area contributed by atoms with Crippen molar-refractivity contribution in [1.29, 1.82) is 0 Å². The summed E-state index contributed by atoms with van der Waals surface area (Å²) in [5, 5.41) is 0. The summed E-state index contributed by atoms with van der Waals surface area (Å²) < 4.78 is 0. The molecule has 0 saturated heterocycles. The Labute approximate surface area is 68.2 Å². The van der Waals surface area contributed by atoms with Gasteiger partial charge in [-0.15, -0.1) is 0 Å². The Bertz CT molecular complexity index is 154. The van der Waals surface area contributed by atoms with Crippen LogP contribution in [0.2, 0.25) is 0 Å². The smallest absolute Gasteiger partial charge is 0.123 e. The molecule has 1 atom stereocenters. The zero-order chi connectivity index (χ0) is 7.73. The van der Waals surface area contributed by atoms with E-state index in [-0.39, 0.29) is 0 Å². The lowest BCUT2D eigenvalue weighted by Gasteiger charge is -2.10. The van der Waals surface area contributed by atoms with Crippen molar-refractivity contribution < 1.29 is 4.79 Å². The standard InChI is InChI=1S/C10H16O/c11-8-9-7-10(9)5-3-1-2-4-6-10/h8-9H,1-7H2. The summed E-state index contributed by atoms with van der Waals surface area (Å²) in [6.45, 7) is 0. The molecule has 11 heavy (non-hydrogen) atoms. The summed E-state index contributed by atoms with van der Waals surface area (Å²) in [4.78, 5) is 10.6. The van der Waals surface area contributed by atoms with E-state index in [1.807, 2.05) is 0 Å². The van der Waals surface area contributed by atoms with Crippen LogP contribution in [0.15, 0.2) is 0 Å². The molecule has 2 fully saturated rings. The molecule has 0 aromatic heterocycles. The fourth-order valence-electron chi connectivity index (χ4n) is 2.58. The first-order valence-corrected chi connectivity index (χ1v) is 4.83. The minimum Gasteiger partial charge on any atom is -0.303 e. The van der Waals surface area contributed by atoms with Gasteiger partial charge in [0.2, 0.25) is 0 Å². The molecule has 2 saturated carbocycles. The molecule has 2 aliphatic carbocycles. The number of hydrogen-bond acceptors (Lipinski definition) is 1. The van der Waals surface area contributed by atoms with Crippen LogP contribution in [-0.4, -0.2) is 6.29 Å². The van der Waals surface area contributed by atoms with Crippen LogP contribution >= 0.6 is 0 Å². The second-order valence-electron chi connectivity index (χ2n) is 4.22. The molecule has 0 N–H and O–H groups in total. The van der Waals surface area contributed by atoms with E-state index in [1.54, 1.807) is 0 Å². The van der Waals surface area contributed by atoms with Crippen LogP contribution in [0.3, 0.4) is 0 Å².